The monoisotopic (exact) mass is 377 g/mol. The van der Waals surface area contributed by atoms with Gasteiger partial charge in [0.2, 0.25) is 5.91 Å². The van der Waals surface area contributed by atoms with Crippen molar-refractivity contribution in [3.63, 3.8) is 0 Å². The first kappa shape index (κ1) is 21.9. The van der Waals surface area contributed by atoms with Crippen LogP contribution in [0.2, 0.25) is 0 Å². The van der Waals surface area contributed by atoms with Gasteiger partial charge >= 0.3 is 12.1 Å². The van der Waals surface area contributed by atoms with Gasteiger partial charge in [-0.15, -0.1) is 0 Å². The molecule has 0 aliphatic carbocycles. The van der Waals surface area contributed by atoms with Crippen LogP contribution in [-0.4, -0.2) is 46.9 Å². The predicted octanol–water partition coefficient (Wildman–Crippen LogP) is 0.783. The lowest BCUT2D eigenvalue weighted by Gasteiger charge is -2.17. The number of carboxylic acids is 1. The number of hydrogen-bond donors (Lipinski definition) is 4. The van der Waals surface area contributed by atoms with Crippen molar-refractivity contribution in [1.29, 1.82) is 5.26 Å². The molecule has 27 heavy (non-hydrogen) atoms. The molecule has 2 amide bonds. The van der Waals surface area contributed by atoms with E-state index < -0.39 is 42.5 Å². The van der Waals surface area contributed by atoms with E-state index in [1.54, 1.807) is 31.2 Å². The summed E-state index contributed by atoms with van der Waals surface area (Å²) >= 11 is 0. The highest BCUT2D eigenvalue weighted by atomic mass is 16.5. The molecule has 0 heterocycles. The van der Waals surface area contributed by atoms with Crippen molar-refractivity contribution in [3.8, 4) is 6.07 Å². The largest absolute Gasteiger partial charge is 0.480 e. The van der Waals surface area contributed by atoms with Crippen LogP contribution in [0, 0.1) is 17.2 Å². The summed E-state index contributed by atoms with van der Waals surface area (Å²) in [6.45, 7) is 1.38. The number of nitrogens with one attached hydrogen (secondary N) is 2. The van der Waals surface area contributed by atoms with Gasteiger partial charge < -0.3 is 25.6 Å². The Hall–Kier alpha value is -3.12. The fraction of sp³-hybridized carbons (Fsp3) is 0.444. The third-order valence-electron chi connectivity index (χ3n) is 3.56. The molecule has 1 aromatic rings. The number of amides is 2. The van der Waals surface area contributed by atoms with Gasteiger partial charge in [0.05, 0.1) is 18.6 Å². The molecule has 146 valence electrons. The molecule has 9 nitrogen and oxygen atoms in total. The minimum Gasteiger partial charge on any atom is -0.480 e. The highest BCUT2D eigenvalue weighted by Crippen LogP contribution is 2.06. The molecule has 1 aromatic carbocycles. The average molecular weight is 377 g/mol. The number of nitrogens with zero attached hydrogens (tertiary/aromatic N) is 1. The highest BCUT2D eigenvalue weighted by molar-refractivity contribution is 5.83. The van der Waals surface area contributed by atoms with Gasteiger partial charge in [0.15, 0.2) is 0 Å². The minimum atomic E-state index is -1.26. The quantitative estimate of drug-likeness (QED) is 0.471. The zero-order chi connectivity index (χ0) is 20.2. The number of alkyl carbamates (subject to hydrolysis) is 1. The fourth-order valence-corrected chi connectivity index (χ4v) is 2.14. The summed E-state index contributed by atoms with van der Waals surface area (Å²) < 4.78 is 4.97. The van der Waals surface area contributed by atoms with Crippen molar-refractivity contribution in [2.75, 3.05) is 6.54 Å². The normalized spacial score (nSPS) is 13.5. The smallest absolute Gasteiger partial charge is 0.407 e. The van der Waals surface area contributed by atoms with E-state index in [0.29, 0.717) is 0 Å². The van der Waals surface area contributed by atoms with Crippen molar-refractivity contribution in [3.05, 3.63) is 35.9 Å². The van der Waals surface area contributed by atoms with Crippen LogP contribution in [0.15, 0.2) is 30.3 Å². The molecule has 0 saturated carbocycles. The lowest BCUT2D eigenvalue weighted by atomic mass is 10.0. The molecule has 0 aliphatic rings. The lowest BCUT2D eigenvalue weighted by molar-refractivity contribution is -0.142. The number of carbonyl (C=O) groups excluding carboxylic acids is 2. The van der Waals surface area contributed by atoms with Crippen molar-refractivity contribution in [1.82, 2.24) is 10.6 Å². The molecule has 9 heteroatoms. The first-order chi connectivity index (χ1) is 12.8. The second-order valence-corrected chi connectivity index (χ2v) is 6.02. The van der Waals surface area contributed by atoms with Crippen molar-refractivity contribution >= 4 is 18.0 Å². The van der Waals surface area contributed by atoms with E-state index in [0.717, 1.165) is 5.56 Å². The Labute approximate surface area is 156 Å². The summed E-state index contributed by atoms with van der Waals surface area (Å²) in [5.74, 6) is -2.50. The Bertz CT molecular complexity index is 673. The van der Waals surface area contributed by atoms with Gasteiger partial charge in [-0.3, -0.25) is 4.79 Å². The van der Waals surface area contributed by atoms with Crippen LogP contribution in [-0.2, 0) is 20.9 Å². The molecule has 1 rings (SSSR count). The van der Waals surface area contributed by atoms with Gasteiger partial charge in [-0.25, -0.2) is 9.59 Å². The van der Waals surface area contributed by atoms with E-state index in [1.807, 2.05) is 12.1 Å². The van der Waals surface area contributed by atoms with E-state index in [9.17, 15) is 19.5 Å². The maximum atomic E-state index is 11.8. The summed E-state index contributed by atoms with van der Waals surface area (Å²) in [5, 5.41) is 32.2. The second-order valence-electron chi connectivity index (χ2n) is 6.02. The molecule has 0 spiro atoms. The first-order valence-corrected chi connectivity index (χ1v) is 8.36. The Morgan fingerprint density at radius 1 is 1.26 bits per heavy atom. The molecule has 0 fully saturated rings. The van der Waals surface area contributed by atoms with Crippen LogP contribution in [0.5, 0.6) is 0 Å². The Morgan fingerprint density at radius 2 is 1.93 bits per heavy atom. The first-order valence-electron chi connectivity index (χ1n) is 8.36. The number of benzene rings is 1. The minimum absolute atomic E-state index is 0.0439. The topological polar surface area (TPSA) is 149 Å². The van der Waals surface area contributed by atoms with Gasteiger partial charge in [-0.1, -0.05) is 30.3 Å². The molecule has 0 unspecified atom stereocenters. The zero-order valence-electron chi connectivity index (χ0n) is 14.9. The number of hydrogen-bond acceptors (Lipinski definition) is 6. The Morgan fingerprint density at radius 3 is 2.52 bits per heavy atom. The Balaban J connectivity index is 2.32. The van der Waals surface area contributed by atoms with E-state index in [4.69, 9.17) is 15.1 Å². The molecule has 0 bridgehead atoms. The summed E-state index contributed by atoms with van der Waals surface area (Å²) in [5.41, 5.74) is 0.805. The van der Waals surface area contributed by atoms with E-state index in [-0.39, 0.29) is 19.6 Å². The maximum Gasteiger partial charge on any atom is 0.407 e. The fourth-order valence-electron chi connectivity index (χ4n) is 2.14. The van der Waals surface area contributed by atoms with Gasteiger partial charge in [0.1, 0.15) is 12.6 Å². The number of aliphatic hydroxyl groups is 1. The van der Waals surface area contributed by atoms with Gasteiger partial charge in [0.25, 0.3) is 0 Å². The molecule has 0 aromatic heterocycles. The number of aliphatic carboxylic acids is 1. The summed E-state index contributed by atoms with van der Waals surface area (Å²) in [7, 11) is 0. The van der Waals surface area contributed by atoms with Crippen LogP contribution in [0.4, 0.5) is 4.79 Å². The highest BCUT2D eigenvalue weighted by Gasteiger charge is 2.23. The predicted molar refractivity (Wildman–Crippen MR) is 94.2 cm³/mol. The summed E-state index contributed by atoms with van der Waals surface area (Å²) in [4.78, 5) is 34.5. The van der Waals surface area contributed by atoms with E-state index >= 15 is 0 Å². The number of ether oxygens (including phenoxy) is 1. The number of rotatable bonds is 10. The SMILES string of the molecule is C[C@H](C#N)C[C@@H](NC(=O)C[C@@H](O)CNC(=O)OCc1ccccc1)C(=O)O. The second kappa shape index (κ2) is 11.5. The standard InChI is InChI=1S/C18H23N3O6/c1-12(9-19)7-15(17(24)25)21-16(23)8-14(22)10-20-18(26)27-11-13-5-3-2-4-6-13/h2-6,12,14-15,22H,7-8,10-11H2,1H3,(H,20,26)(H,21,23)(H,24,25)/t12-,14+,15+/m0/s1. The van der Waals surface area contributed by atoms with Crippen molar-refractivity contribution in [2.45, 2.75) is 38.5 Å². The van der Waals surface area contributed by atoms with E-state index in [1.165, 1.54) is 0 Å². The van der Waals surface area contributed by atoms with Crippen molar-refractivity contribution in [2.24, 2.45) is 5.92 Å². The summed E-state index contributed by atoms with van der Waals surface area (Å²) in [6, 6.07) is 9.70. The number of nitriles is 1. The molecule has 3 atom stereocenters. The summed E-state index contributed by atoms with van der Waals surface area (Å²) in [6.07, 6.45) is -2.40. The molecule has 0 aliphatic heterocycles. The van der Waals surface area contributed by atoms with Gasteiger partial charge in [-0.2, -0.15) is 5.26 Å². The number of carbonyl (C=O) groups is 3. The van der Waals surface area contributed by atoms with Gasteiger partial charge in [0, 0.05) is 12.5 Å². The van der Waals surface area contributed by atoms with Crippen LogP contribution in [0.3, 0.4) is 0 Å². The number of aliphatic hydroxyl groups excluding tert-OH is 1. The third kappa shape index (κ3) is 9.23. The molecular formula is C18H23N3O6. The van der Waals surface area contributed by atoms with Crippen molar-refractivity contribution < 1.29 is 29.3 Å². The van der Waals surface area contributed by atoms with Crippen LogP contribution in [0.1, 0.15) is 25.3 Å². The molecular weight excluding hydrogens is 354 g/mol. The van der Waals surface area contributed by atoms with Crippen LogP contribution >= 0.6 is 0 Å². The van der Waals surface area contributed by atoms with Crippen LogP contribution < -0.4 is 10.6 Å². The molecule has 0 saturated heterocycles. The lowest BCUT2D eigenvalue weighted by Crippen LogP contribution is -2.44. The molecule has 4 N–H and O–H groups in total. The Kier molecular flexibility index (Phi) is 9.33. The van der Waals surface area contributed by atoms with E-state index in [2.05, 4.69) is 10.6 Å². The maximum absolute atomic E-state index is 11.8. The average Bonchev–Trinajstić information content (AvgIpc) is 2.64. The third-order valence-corrected chi connectivity index (χ3v) is 3.56. The van der Waals surface area contributed by atoms with Crippen LogP contribution in [0.25, 0.3) is 0 Å². The van der Waals surface area contributed by atoms with Gasteiger partial charge in [-0.05, 0) is 18.9 Å². The molecule has 0 radical (unpaired) electrons. The zero-order valence-corrected chi connectivity index (χ0v) is 14.9. The number of carboxylic acid groups (broad SMARTS) is 1.